The number of rotatable bonds is 3. The van der Waals surface area contributed by atoms with Crippen LogP contribution in [0.4, 0.5) is 0 Å². The van der Waals surface area contributed by atoms with Gasteiger partial charge in [0, 0.05) is 29.9 Å². The van der Waals surface area contributed by atoms with Gasteiger partial charge >= 0.3 is 0 Å². The van der Waals surface area contributed by atoms with Crippen molar-refractivity contribution in [3.05, 3.63) is 76.5 Å². The third kappa shape index (κ3) is 3.97. The van der Waals surface area contributed by atoms with Crippen LogP contribution >= 0.6 is 0 Å². The highest BCUT2D eigenvalue weighted by Gasteiger charge is 2.25. The molecule has 1 amide bonds. The van der Waals surface area contributed by atoms with Crippen LogP contribution in [-0.4, -0.2) is 30.1 Å². The van der Waals surface area contributed by atoms with E-state index in [9.17, 15) is 4.79 Å². The topological polar surface area (TPSA) is 68.2 Å². The predicted molar refractivity (Wildman–Crippen MR) is 114 cm³/mol. The third-order valence-corrected chi connectivity index (χ3v) is 5.86. The maximum Gasteiger partial charge on any atom is 0.253 e. The molecule has 1 fully saturated rings. The van der Waals surface area contributed by atoms with Crippen molar-refractivity contribution < 1.29 is 4.79 Å². The van der Waals surface area contributed by atoms with Gasteiger partial charge in [0.1, 0.15) is 0 Å². The molecule has 2 N–H and O–H groups in total. The Kier molecular flexibility index (Phi) is 5.26. The first-order valence-corrected chi connectivity index (χ1v) is 10.2. The molecule has 2 aliphatic heterocycles. The van der Waals surface area contributed by atoms with Crippen molar-refractivity contribution in [3.63, 3.8) is 0 Å². The lowest BCUT2D eigenvalue weighted by Gasteiger charge is -2.32. The first kappa shape index (κ1) is 19.1. The van der Waals surface area contributed by atoms with Gasteiger partial charge in [-0.25, -0.2) is 0 Å². The molecule has 0 spiro atoms. The van der Waals surface area contributed by atoms with Crippen LogP contribution in [0.1, 0.15) is 59.7 Å². The molecule has 0 bridgehead atoms. The average molecular weight is 386 g/mol. The van der Waals surface area contributed by atoms with E-state index in [4.69, 9.17) is 5.26 Å². The Bertz CT molecular complexity index is 979. The van der Waals surface area contributed by atoms with Gasteiger partial charge in [0.05, 0.1) is 23.5 Å². The summed E-state index contributed by atoms with van der Waals surface area (Å²) in [5.74, 6) is 0.545. The van der Waals surface area contributed by atoms with Gasteiger partial charge in [-0.3, -0.25) is 4.79 Å². The lowest BCUT2D eigenvalue weighted by molar-refractivity contribution is 0.0713. The molecule has 0 aliphatic carbocycles. The summed E-state index contributed by atoms with van der Waals surface area (Å²) >= 11 is 0. The van der Waals surface area contributed by atoms with Crippen LogP contribution in [0.2, 0.25) is 0 Å². The summed E-state index contributed by atoms with van der Waals surface area (Å²) < 4.78 is 0. The minimum atomic E-state index is 0.0994. The second-order valence-corrected chi connectivity index (χ2v) is 7.89. The number of amides is 1. The second kappa shape index (κ2) is 8.00. The maximum atomic E-state index is 13.1. The van der Waals surface area contributed by atoms with E-state index in [1.807, 2.05) is 60.4 Å². The third-order valence-electron chi connectivity index (χ3n) is 5.86. The Morgan fingerprint density at radius 1 is 1.10 bits per heavy atom. The van der Waals surface area contributed by atoms with E-state index < -0.39 is 0 Å². The Morgan fingerprint density at radius 3 is 2.45 bits per heavy atom. The average Bonchev–Trinajstić information content (AvgIpc) is 3.11. The first-order valence-electron chi connectivity index (χ1n) is 10.2. The maximum absolute atomic E-state index is 13.1. The number of likely N-dealkylation sites (tertiary alicyclic amines) is 1. The molecule has 2 heterocycles. The lowest BCUT2D eigenvalue weighted by Crippen LogP contribution is -2.38. The molecule has 2 aliphatic rings. The number of hydrogen-bond acceptors (Lipinski definition) is 4. The van der Waals surface area contributed by atoms with Crippen molar-refractivity contribution in [3.8, 4) is 6.07 Å². The van der Waals surface area contributed by atoms with E-state index in [2.05, 4.69) is 23.6 Å². The van der Waals surface area contributed by atoms with Crippen molar-refractivity contribution in [2.24, 2.45) is 0 Å². The fraction of sp³-hybridized carbons (Fsp3) is 0.333. The number of nitrogens with one attached hydrogen (secondary N) is 2. The molecule has 4 rings (SSSR count). The summed E-state index contributed by atoms with van der Waals surface area (Å²) in [6, 6.07) is 17.9. The van der Waals surface area contributed by atoms with Crippen LogP contribution in [0, 0.1) is 11.3 Å². The molecule has 1 atom stereocenters. The molecule has 2 aromatic rings. The summed E-state index contributed by atoms with van der Waals surface area (Å²) in [5, 5.41) is 15.7. The van der Waals surface area contributed by atoms with Gasteiger partial charge < -0.3 is 15.5 Å². The molecule has 148 valence electrons. The molecule has 2 aromatic carbocycles. The Hall–Kier alpha value is -3.26. The SMILES string of the molecule is CC1=C(c2cccc(C(=O)N3CCC(c4ccc(C#N)cc4)CC3)c2)NC(C)N1. The van der Waals surface area contributed by atoms with Crippen LogP contribution in [0.15, 0.2) is 54.2 Å². The largest absolute Gasteiger partial charge is 0.367 e. The zero-order valence-corrected chi connectivity index (χ0v) is 16.9. The van der Waals surface area contributed by atoms with Gasteiger partial charge in [-0.15, -0.1) is 0 Å². The van der Waals surface area contributed by atoms with Crippen molar-refractivity contribution in [1.29, 1.82) is 5.26 Å². The molecule has 0 saturated carbocycles. The molecular formula is C24H26N4O. The smallest absolute Gasteiger partial charge is 0.253 e. The number of nitriles is 1. The quantitative estimate of drug-likeness (QED) is 0.842. The predicted octanol–water partition coefficient (Wildman–Crippen LogP) is 3.81. The van der Waals surface area contributed by atoms with Gasteiger partial charge in [-0.05, 0) is 62.4 Å². The van der Waals surface area contributed by atoms with E-state index >= 15 is 0 Å². The lowest BCUT2D eigenvalue weighted by atomic mass is 9.89. The van der Waals surface area contributed by atoms with Gasteiger partial charge in [0.15, 0.2) is 0 Å². The van der Waals surface area contributed by atoms with Crippen molar-refractivity contribution in [1.82, 2.24) is 15.5 Å². The van der Waals surface area contributed by atoms with E-state index in [1.54, 1.807) is 0 Å². The van der Waals surface area contributed by atoms with Crippen molar-refractivity contribution in [2.45, 2.75) is 38.8 Å². The van der Waals surface area contributed by atoms with Gasteiger partial charge in [-0.2, -0.15) is 5.26 Å². The fourth-order valence-electron chi connectivity index (χ4n) is 4.29. The second-order valence-electron chi connectivity index (χ2n) is 7.89. The van der Waals surface area contributed by atoms with Crippen molar-refractivity contribution >= 4 is 11.6 Å². The minimum Gasteiger partial charge on any atom is -0.367 e. The molecule has 0 radical (unpaired) electrons. The summed E-state index contributed by atoms with van der Waals surface area (Å²) in [4.78, 5) is 15.0. The molecular weight excluding hydrogens is 360 g/mol. The van der Waals surface area contributed by atoms with Crippen molar-refractivity contribution in [2.75, 3.05) is 13.1 Å². The number of piperidine rings is 1. The normalized spacial score (nSPS) is 19.5. The van der Waals surface area contributed by atoms with E-state index in [1.165, 1.54) is 5.56 Å². The summed E-state index contributed by atoms with van der Waals surface area (Å²) in [6.45, 7) is 5.64. The standard InChI is InChI=1S/C24H26N4O/c1-16-23(27-17(2)26-16)21-4-3-5-22(14-21)24(29)28-12-10-20(11-13-28)19-8-6-18(15-25)7-9-19/h3-9,14,17,20,26-27H,10-13H2,1-2H3. The molecule has 1 unspecified atom stereocenters. The minimum absolute atomic E-state index is 0.0994. The number of carbonyl (C=O) groups is 1. The Morgan fingerprint density at radius 2 is 1.83 bits per heavy atom. The van der Waals surface area contributed by atoms with Gasteiger partial charge in [-0.1, -0.05) is 24.3 Å². The Labute approximate surface area is 172 Å². The monoisotopic (exact) mass is 386 g/mol. The van der Waals surface area contributed by atoms with Gasteiger partial charge in [0.2, 0.25) is 0 Å². The molecule has 0 aromatic heterocycles. The van der Waals surface area contributed by atoms with Gasteiger partial charge in [0.25, 0.3) is 5.91 Å². The van der Waals surface area contributed by atoms with E-state index in [0.29, 0.717) is 11.5 Å². The van der Waals surface area contributed by atoms with Crippen LogP contribution < -0.4 is 10.6 Å². The molecule has 1 saturated heterocycles. The number of benzene rings is 2. The number of hydrogen-bond donors (Lipinski definition) is 2. The van der Waals surface area contributed by atoms with E-state index in [-0.39, 0.29) is 12.1 Å². The summed E-state index contributed by atoms with van der Waals surface area (Å²) in [6.07, 6.45) is 2.10. The Balaban J connectivity index is 1.43. The zero-order chi connectivity index (χ0) is 20.4. The van der Waals surface area contributed by atoms with Crippen LogP contribution in [0.5, 0.6) is 0 Å². The molecule has 29 heavy (non-hydrogen) atoms. The zero-order valence-electron chi connectivity index (χ0n) is 16.9. The van der Waals surface area contributed by atoms with Crippen LogP contribution in [0.25, 0.3) is 5.70 Å². The van der Waals surface area contributed by atoms with Crippen LogP contribution in [0.3, 0.4) is 0 Å². The molecule has 5 heteroatoms. The highest BCUT2D eigenvalue weighted by atomic mass is 16.2. The number of allylic oxidation sites excluding steroid dienone is 1. The summed E-state index contributed by atoms with van der Waals surface area (Å²) in [5.41, 5.74) is 5.89. The first-order chi connectivity index (χ1) is 14.0. The number of nitrogens with zero attached hydrogens (tertiary/aromatic N) is 2. The number of carbonyl (C=O) groups excluding carboxylic acids is 1. The summed E-state index contributed by atoms with van der Waals surface area (Å²) in [7, 11) is 0. The highest BCUT2D eigenvalue weighted by molar-refractivity contribution is 5.95. The van der Waals surface area contributed by atoms with E-state index in [0.717, 1.165) is 48.5 Å². The highest BCUT2D eigenvalue weighted by Crippen LogP contribution is 2.29. The molecule has 5 nitrogen and oxygen atoms in total. The fourth-order valence-corrected chi connectivity index (χ4v) is 4.29. The van der Waals surface area contributed by atoms with Crippen LogP contribution in [-0.2, 0) is 0 Å².